The lowest BCUT2D eigenvalue weighted by Gasteiger charge is -2.11. The van der Waals surface area contributed by atoms with Gasteiger partial charge in [-0.1, -0.05) is 30.3 Å². The zero-order valence-corrected chi connectivity index (χ0v) is 13.1. The molecule has 4 aromatic rings. The first kappa shape index (κ1) is 15.1. The fourth-order valence-corrected chi connectivity index (χ4v) is 2.65. The Morgan fingerprint density at radius 2 is 1.92 bits per heavy atom. The highest BCUT2D eigenvalue weighted by Gasteiger charge is 2.13. The number of hydrogen-bond donors (Lipinski definition) is 1. The Balaban J connectivity index is 1.76. The molecule has 4 rings (SSSR count). The lowest BCUT2D eigenvalue weighted by atomic mass is 10.1. The maximum Gasteiger partial charge on any atom is 0.263 e. The van der Waals surface area contributed by atoms with Gasteiger partial charge in [0, 0.05) is 17.7 Å². The Kier molecular flexibility index (Phi) is 3.78. The fourth-order valence-electron chi connectivity index (χ4n) is 2.65. The first-order chi connectivity index (χ1) is 12.2. The third kappa shape index (κ3) is 3.01. The second-order valence-electron chi connectivity index (χ2n) is 5.56. The van der Waals surface area contributed by atoms with E-state index in [4.69, 9.17) is 4.74 Å². The van der Waals surface area contributed by atoms with Gasteiger partial charge in [-0.25, -0.2) is 13.9 Å². The largest absolute Gasteiger partial charge is 0.488 e. The van der Waals surface area contributed by atoms with Crippen LogP contribution in [0.1, 0.15) is 5.56 Å². The summed E-state index contributed by atoms with van der Waals surface area (Å²) in [5.74, 6) is -0.00974. The molecule has 0 aliphatic carbocycles. The molecule has 0 spiro atoms. The normalized spacial score (nSPS) is 10.9. The number of halogens is 1. The van der Waals surface area contributed by atoms with E-state index in [0.717, 1.165) is 5.56 Å². The van der Waals surface area contributed by atoms with Crippen LogP contribution in [0.4, 0.5) is 4.39 Å². The molecule has 0 unspecified atom stereocenters. The van der Waals surface area contributed by atoms with E-state index in [0.29, 0.717) is 29.3 Å². The zero-order chi connectivity index (χ0) is 17.2. The van der Waals surface area contributed by atoms with Gasteiger partial charge in [0.15, 0.2) is 5.65 Å². The molecular weight excluding hydrogens is 321 g/mol. The summed E-state index contributed by atoms with van der Waals surface area (Å²) in [5.41, 5.74) is 2.58. The Bertz CT molecular complexity index is 1090. The molecule has 2 heterocycles. The topological polar surface area (TPSA) is 59.4 Å². The van der Waals surface area contributed by atoms with Crippen molar-refractivity contribution < 1.29 is 9.13 Å². The van der Waals surface area contributed by atoms with E-state index in [1.165, 1.54) is 18.2 Å². The average molecular weight is 335 g/mol. The van der Waals surface area contributed by atoms with Gasteiger partial charge in [-0.2, -0.15) is 0 Å². The molecular formula is C19H14FN3O2. The smallest absolute Gasteiger partial charge is 0.263 e. The number of nitrogens with zero attached hydrogens (tertiary/aromatic N) is 2. The number of rotatable bonds is 4. The van der Waals surface area contributed by atoms with Crippen LogP contribution in [0.3, 0.4) is 0 Å². The van der Waals surface area contributed by atoms with Crippen molar-refractivity contribution in [2.24, 2.45) is 0 Å². The van der Waals surface area contributed by atoms with Gasteiger partial charge in [-0.15, -0.1) is 0 Å². The summed E-state index contributed by atoms with van der Waals surface area (Å²) < 4.78 is 21.1. The first-order valence-electron chi connectivity index (χ1n) is 7.74. The van der Waals surface area contributed by atoms with Crippen LogP contribution < -0.4 is 10.3 Å². The molecule has 124 valence electrons. The molecule has 0 radical (unpaired) electrons. The summed E-state index contributed by atoms with van der Waals surface area (Å²) in [6, 6.07) is 17.0. The van der Waals surface area contributed by atoms with Gasteiger partial charge in [-0.05, 0) is 23.8 Å². The minimum Gasteiger partial charge on any atom is -0.488 e. The van der Waals surface area contributed by atoms with Crippen molar-refractivity contribution in [3.05, 3.63) is 88.6 Å². The molecule has 2 aromatic heterocycles. The number of aromatic nitrogens is 3. The van der Waals surface area contributed by atoms with E-state index in [-0.39, 0.29) is 5.56 Å². The highest BCUT2D eigenvalue weighted by atomic mass is 19.1. The maximum absolute atomic E-state index is 13.7. The zero-order valence-electron chi connectivity index (χ0n) is 13.1. The minimum atomic E-state index is -0.394. The SMILES string of the molecule is O=c1ccc2ncc(-c3ccc(F)cc3OCc3ccccc3)n2[nH]1. The van der Waals surface area contributed by atoms with Crippen LogP contribution in [-0.2, 0) is 6.61 Å². The predicted molar refractivity (Wildman–Crippen MR) is 92.0 cm³/mol. The summed E-state index contributed by atoms with van der Waals surface area (Å²) in [7, 11) is 0. The number of ether oxygens (including phenoxy) is 1. The van der Waals surface area contributed by atoms with Crippen LogP contribution in [0.25, 0.3) is 16.9 Å². The average Bonchev–Trinajstić information content (AvgIpc) is 3.04. The van der Waals surface area contributed by atoms with Gasteiger partial charge in [0.25, 0.3) is 5.56 Å². The number of aromatic amines is 1. The monoisotopic (exact) mass is 335 g/mol. The summed E-state index contributed by atoms with van der Waals surface area (Å²) in [6.07, 6.45) is 1.62. The molecule has 0 fully saturated rings. The van der Waals surface area contributed by atoms with Gasteiger partial charge in [0.1, 0.15) is 18.2 Å². The van der Waals surface area contributed by atoms with Crippen LogP contribution in [-0.4, -0.2) is 14.6 Å². The maximum atomic E-state index is 13.7. The predicted octanol–water partition coefficient (Wildman–Crippen LogP) is 3.41. The van der Waals surface area contributed by atoms with Crippen LogP contribution in [0, 0.1) is 5.82 Å². The van der Waals surface area contributed by atoms with Crippen LogP contribution in [0.15, 0.2) is 71.7 Å². The molecule has 25 heavy (non-hydrogen) atoms. The third-order valence-electron chi connectivity index (χ3n) is 3.85. The van der Waals surface area contributed by atoms with Crippen molar-refractivity contribution in [2.75, 3.05) is 0 Å². The number of imidazole rings is 1. The number of benzene rings is 2. The Morgan fingerprint density at radius 3 is 2.76 bits per heavy atom. The van der Waals surface area contributed by atoms with E-state index < -0.39 is 5.82 Å². The molecule has 0 bridgehead atoms. The molecule has 1 N–H and O–H groups in total. The second-order valence-corrected chi connectivity index (χ2v) is 5.56. The standard InChI is InChI=1S/C19H14FN3O2/c20-14-6-7-15(16-11-21-18-8-9-19(24)22-23(16)18)17(10-14)25-12-13-4-2-1-3-5-13/h1-11H,12H2,(H,22,24). The quantitative estimate of drug-likeness (QED) is 0.622. The Labute approximate surface area is 142 Å². The van der Waals surface area contributed by atoms with Gasteiger partial charge < -0.3 is 4.74 Å². The second kappa shape index (κ2) is 6.24. The van der Waals surface area contributed by atoms with E-state index in [2.05, 4.69) is 10.1 Å². The molecule has 0 atom stereocenters. The number of H-pyrrole nitrogens is 1. The van der Waals surface area contributed by atoms with Crippen LogP contribution in [0.2, 0.25) is 0 Å². The van der Waals surface area contributed by atoms with Crippen molar-refractivity contribution in [2.45, 2.75) is 6.61 Å². The van der Waals surface area contributed by atoms with E-state index >= 15 is 0 Å². The lowest BCUT2D eigenvalue weighted by molar-refractivity contribution is 0.306. The Morgan fingerprint density at radius 1 is 1.08 bits per heavy atom. The number of nitrogens with one attached hydrogen (secondary N) is 1. The third-order valence-corrected chi connectivity index (χ3v) is 3.85. The molecule has 0 aliphatic heterocycles. The van der Waals surface area contributed by atoms with Crippen molar-refractivity contribution in [3.63, 3.8) is 0 Å². The van der Waals surface area contributed by atoms with Crippen LogP contribution >= 0.6 is 0 Å². The minimum absolute atomic E-state index is 0.249. The first-order valence-corrected chi connectivity index (χ1v) is 7.74. The van der Waals surface area contributed by atoms with E-state index in [1.807, 2.05) is 30.3 Å². The number of hydrogen-bond acceptors (Lipinski definition) is 3. The summed E-state index contributed by atoms with van der Waals surface area (Å²) in [4.78, 5) is 15.9. The molecule has 0 aliphatic rings. The molecule has 0 saturated heterocycles. The van der Waals surface area contributed by atoms with Gasteiger partial charge in [-0.3, -0.25) is 9.89 Å². The highest BCUT2D eigenvalue weighted by Crippen LogP contribution is 2.31. The Hall–Kier alpha value is -3.41. The van der Waals surface area contributed by atoms with Gasteiger partial charge in [0.2, 0.25) is 0 Å². The van der Waals surface area contributed by atoms with Crippen molar-refractivity contribution in [1.29, 1.82) is 0 Å². The molecule has 2 aromatic carbocycles. The van der Waals surface area contributed by atoms with E-state index in [9.17, 15) is 9.18 Å². The van der Waals surface area contributed by atoms with Crippen molar-refractivity contribution >= 4 is 5.65 Å². The molecule has 5 nitrogen and oxygen atoms in total. The van der Waals surface area contributed by atoms with Gasteiger partial charge >= 0.3 is 0 Å². The van der Waals surface area contributed by atoms with E-state index in [1.54, 1.807) is 22.8 Å². The highest BCUT2D eigenvalue weighted by molar-refractivity contribution is 5.69. The molecule has 0 amide bonds. The van der Waals surface area contributed by atoms with Gasteiger partial charge in [0.05, 0.1) is 11.9 Å². The van der Waals surface area contributed by atoms with Crippen LogP contribution in [0.5, 0.6) is 5.75 Å². The van der Waals surface area contributed by atoms with Crippen molar-refractivity contribution in [1.82, 2.24) is 14.6 Å². The van der Waals surface area contributed by atoms with Crippen molar-refractivity contribution in [3.8, 4) is 17.0 Å². The summed E-state index contributed by atoms with van der Waals surface area (Å²) in [6.45, 7) is 0.310. The summed E-state index contributed by atoms with van der Waals surface area (Å²) >= 11 is 0. The molecule has 6 heteroatoms. The fraction of sp³-hybridized carbons (Fsp3) is 0.0526. The molecule has 0 saturated carbocycles. The lowest BCUT2D eigenvalue weighted by Crippen LogP contribution is -2.09. The summed E-state index contributed by atoms with van der Waals surface area (Å²) in [5, 5.41) is 2.70. The number of fused-ring (bicyclic) bond motifs is 1.